The molecule has 0 aliphatic heterocycles. The minimum Gasteiger partial charge on any atom is -0.368 e. The Balaban J connectivity index is 2.15. The molecule has 5 heteroatoms. The Morgan fingerprint density at radius 1 is 1.17 bits per heavy atom. The highest BCUT2D eigenvalue weighted by atomic mass is 15.1. The van der Waals surface area contributed by atoms with Gasteiger partial charge in [0.1, 0.15) is 5.82 Å². The molecule has 0 spiro atoms. The van der Waals surface area contributed by atoms with E-state index in [9.17, 15) is 0 Å². The van der Waals surface area contributed by atoms with Crippen LogP contribution in [-0.2, 0) is 0 Å². The molecule has 2 aromatic rings. The normalized spacial score (nSPS) is 12.2. The Morgan fingerprint density at radius 3 is 2.56 bits per heavy atom. The standard InChI is InChI=1S/C13H17N5/c1-8-4-5-11(7-15-8)10(3)17-12-6-9(2)16-13(14)18-12/h4-7,10H,1-3H3,(H3,14,16,17,18). The van der Waals surface area contributed by atoms with Crippen LogP contribution in [0.2, 0.25) is 0 Å². The van der Waals surface area contributed by atoms with Crippen molar-refractivity contribution in [1.29, 1.82) is 0 Å². The van der Waals surface area contributed by atoms with Crippen LogP contribution in [0.1, 0.15) is 29.9 Å². The summed E-state index contributed by atoms with van der Waals surface area (Å²) < 4.78 is 0. The predicted octanol–water partition coefficient (Wildman–Crippen LogP) is 2.24. The van der Waals surface area contributed by atoms with Gasteiger partial charge in [0.15, 0.2) is 0 Å². The first-order valence-electron chi connectivity index (χ1n) is 5.85. The highest BCUT2D eigenvalue weighted by molar-refractivity contribution is 5.42. The molecule has 2 heterocycles. The number of nitrogen functional groups attached to an aromatic ring is 1. The van der Waals surface area contributed by atoms with Crippen molar-refractivity contribution in [2.75, 3.05) is 11.1 Å². The number of hydrogen-bond acceptors (Lipinski definition) is 5. The number of hydrogen-bond donors (Lipinski definition) is 2. The van der Waals surface area contributed by atoms with Gasteiger partial charge in [-0.3, -0.25) is 4.98 Å². The SMILES string of the molecule is Cc1ccc(C(C)Nc2cc(C)nc(N)n2)cn1. The molecule has 2 aromatic heterocycles. The second-order valence-electron chi connectivity index (χ2n) is 4.35. The predicted molar refractivity (Wildman–Crippen MR) is 72.2 cm³/mol. The highest BCUT2D eigenvalue weighted by Gasteiger charge is 2.07. The Bertz CT molecular complexity index is 515. The van der Waals surface area contributed by atoms with Gasteiger partial charge in [-0.05, 0) is 32.4 Å². The van der Waals surface area contributed by atoms with Crippen LogP contribution in [-0.4, -0.2) is 15.0 Å². The fourth-order valence-corrected chi connectivity index (χ4v) is 1.71. The van der Waals surface area contributed by atoms with Gasteiger partial charge >= 0.3 is 0 Å². The summed E-state index contributed by atoms with van der Waals surface area (Å²) in [7, 11) is 0. The minimum atomic E-state index is 0.117. The molecule has 18 heavy (non-hydrogen) atoms. The number of rotatable bonds is 3. The summed E-state index contributed by atoms with van der Waals surface area (Å²) in [5.74, 6) is 1.01. The molecule has 0 aliphatic carbocycles. The maximum Gasteiger partial charge on any atom is 0.222 e. The molecular weight excluding hydrogens is 226 g/mol. The molecule has 1 atom stereocenters. The van der Waals surface area contributed by atoms with E-state index in [1.807, 2.05) is 32.2 Å². The van der Waals surface area contributed by atoms with Crippen molar-refractivity contribution < 1.29 is 0 Å². The molecule has 0 amide bonds. The van der Waals surface area contributed by atoms with Crippen molar-refractivity contribution in [2.45, 2.75) is 26.8 Å². The van der Waals surface area contributed by atoms with E-state index in [1.54, 1.807) is 0 Å². The van der Waals surface area contributed by atoms with E-state index in [0.29, 0.717) is 0 Å². The van der Waals surface area contributed by atoms with Gasteiger partial charge in [-0.25, -0.2) is 4.98 Å². The zero-order valence-electron chi connectivity index (χ0n) is 10.8. The average molecular weight is 243 g/mol. The zero-order chi connectivity index (χ0) is 13.1. The molecule has 2 rings (SSSR count). The smallest absolute Gasteiger partial charge is 0.222 e. The molecule has 1 unspecified atom stereocenters. The minimum absolute atomic E-state index is 0.117. The molecule has 3 N–H and O–H groups in total. The van der Waals surface area contributed by atoms with Crippen LogP contribution in [0.15, 0.2) is 24.4 Å². The van der Waals surface area contributed by atoms with E-state index in [2.05, 4.69) is 33.3 Å². The van der Waals surface area contributed by atoms with Crippen molar-refractivity contribution in [1.82, 2.24) is 15.0 Å². The molecule has 5 nitrogen and oxygen atoms in total. The third-order valence-corrected chi connectivity index (χ3v) is 2.67. The molecule has 0 bridgehead atoms. The fourth-order valence-electron chi connectivity index (χ4n) is 1.71. The number of aromatic nitrogens is 3. The Morgan fingerprint density at radius 2 is 1.94 bits per heavy atom. The maximum atomic E-state index is 5.62. The van der Waals surface area contributed by atoms with Crippen molar-refractivity contribution in [3.8, 4) is 0 Å². The van der Waals surface area contributed by atoms with E-state index in [1.165, 1.54) is 0 Å². The van der Waals surface area contributed by atoms with Gasteiger partial charge in [0.2, 0.25) is 5.95 Å². The van der Waals surface area contributed by atoms with Gasteiger partial charge in [-0.15, -0.1) is 0 Å². The van der Waals surface area contributed by atoms with E-state index in [0.717, 1.165) is 22.8 Å². The van der Waals surface area contributed by atoms with Gasteiger partial charge < -0.3 is 11.1 Å². The highest BCUT2D eigenvalue weighted by Crippen LogP contribution is 2.18. The third kappa shape index (κ3) is 2.94. The van der Waals surface area contributed by atoms with E-state index >= 15 is 0 Å². The molecule has 0 saturated carbocycles. The number of anilines is 2. The molecule has 0 radical (unpaired) electrons. The molecular formula is C13H17N5. The van der Waals surface area contributed by atoms with Crippen LogP contribution >= 0.6 is 0 Å². The van der Waals surface area contributed by atoms with Crippen LogP contribution in [0.5, 0.6) is 0 Å². The van der Waals surface area contributed by atoms with Gasteiger partial charge in [0, 0.05) is 23.7 Å². The lowest BCUT2D eigenvalue weighted by Gasteiger charge is -2.15. The van der Waals surface area contributed by atoms with Crippen molar-refractivity contribution in [3.05, 3.63) is 41.3 Å². The number of nitrogens with two attached hydrogens (primary N) is 1. The topological polar surface area (TPSA) is 76.7 Å². The average Bonchev–Trinajstić information content (AvgIpc) is 2.28. The summed E-state index contributed by atoms with van der Waals surface area (Å²) in [6, 6.07) is 6.03. The quantitative estimate of drug-likeness (QED) is 0.864. The summed E-state index contributed by atoms with van der Waals surface area (Å²) >= 11 is 0. The second-order valence-corrected chi connectivity index (χ2v) is 4.35. The molecule has 94 valence electrons. The van der Waals surface area contributed by atoms with Gasteiger partial charge in [-0.1, -0.05) is 6.07 Å². The van der Waals surface area contributed by atoms with Gasteiger partial charge in [0.05, 0.1) is 6.04 Å². The summed E-state index contributed by atoms with van der Waals surface area (Å²) in [4.78, 5) is 12.5. The van der Waals surface area contributed by atoms with E-state index < -0.39 is 0 Å². The largest absolute Gasteiger partial charge is 0.368 e. The first-order valence-corrected chi connectivity index (χ1v) is 5.85. The summed E-state index contributed by atoms with van der Waals surface area (Å²) in [6.07, 6.45) is 1.87. The Hall–Kier alpha value is -2.17. The number of nitrogens with zero attached hydrogens (tertiary/aromatic N) is 3. The second kappa shape index (κ2) is 5.00. The Kier molecular flexibility index (Phi) is 3.41. The monoisotopic (exact) mass is 243 g/mol. The lowest BCUT2D eigenvalue weighted by molar-refractivity contribution is 0.861. The van der Waals surface area contributed by atoms with Crippen LogP contribution in [0.4, 0.5) is 11.8 Å². The van der Waals surface area contributed by atoms with Crippen LogP contribution in [0.3, 0.4) is 0 Å². The summed E-state index contributed by atoms with van der Waals surface area (Å²) in [5, 5.41) is 3.29. The molecule has 0 aliphatic rings. The Labute approximate surface area is 106 Å². The fraction of sp³-hybridized carbons (Fsp3) is 0.308. The number of nitrogens with one attached hydrogen (secondary N) is 1. The first-order chi connectivity index (χ1) is 8.54. The van der Waals surface area contributed by atoms with Crippen molar-refractivity contribution in [2.24, 2.45) is 0 Å². The maximum absolute atomic E-state index is 5.62. The summed E-state index contributed by atoms with van der Waals surface area (Å²) in [5.41, 5.74) is 8.58. The number of aryl methyl sites for hydroxylation is 2. The molecule has 0 saturated heterocycles. The van der Waals surface area contributed by atoms with Crippen LogP contribution in [0.25, 0.3) is 0 Å². The third-order valence-electron chi connectivity index (χ3n) is 2.67. The van der Waals surface area contributed by atoms with Crippen molar-refractivity contribution >= 4 is 11.8 Å². The van der Waals surface area contributed by atoms with Crippen LogP contribution < -0.4 is 11.1 Å². The van der Waals surface area contributed by atoms with Crippen molar-refractivity contribution in [3.63, 3.8) is 0 Å². The van der Waals surface area contributed by atoms with Gasteiger partial charge in [0.25, 0.3) is 0 Å². The molecule has 0 aromatic carbocycles. The van der Waals surface area contributed by atoms with Gasteiger partial charge in [-0.2, -0.15) is 4.98 Å². The van der Waals surface area contributed by atoms with E-state index in [-0.39, 0.29) is 12.0 Å². The zero-order valence-corrected chi connectivity index (χ0v) is 10.8. The van der Waals surface area contributed by atoms with E-state index in [4.69, 9.17) is 5.73 Å². The lowest BCUT2D eigenvalue weighted by atomic mass is 10.1. The summed E-state index contributed by atoms with van der Waals surface area (Å²) in [6.45, 7) is 5.91. The lowest BCUT2D eigenvalue weighted by Crippen LogP contribution is -2.10. The molecule has 0 fully saturated rings. The number of pyridine rings is 1. The van der Waals surface area contributed by atoms with Crippen LogP contribution in [0, 0.1) is 13.8 Å². The first kappa shape index (κ1) is 12.3.